The highest BCUT2D eigenvalue weighted by Crippen LogP contribution is 2.49. The van der Waals surface area contributed by atoms with E-state index in [9.17, 15) is 0 Å². The summed E-state index contributed by atoms with van der Waals surface area (Å²) in [5.74, 6) is 0. The van der Waals surface area contributed by atoms with E-state index in [0.29, 0.717) is 6.04 Å². The number of hydrogen-bond acceptors (Lipinski definition) is 1. The van der Waals surface area contributed by atoms with Gasteiger partial charge in [0.2, 0.25) is 0 Å². The first-order chi connectivity index (χ1) is 15.4. The molecule has 0 unspecified atom stereocenters. The summed E-state index contributed by atoms with van der Waals surface area (Å²) < 4.78 is 0. The quantitative estimate of drug-likeness (QED) is 0.322. The number of hydrogen-bond donors (Lipinski definition) is 0. The summed E-state index contributed by atoms with van der Waals surface area (Å²) in [6.07, 6.45) is 0. The summed E-state index contributed by atoms with van der Waals surface area (Å²) in [5.41, 5.74) is 11.9. The first kappa shape index (κ1) is 20.6. The zero-order valence-corrected chi connectivity index (χ0v) is 19.7. The Kier molecular flexibility index (Phi) is 4.93. The van der Waals surface area contributed by atoms with E-state index in [1.165, 1.54) is 50.3 Å². The van der Waals surface area contributed by atoms with Gasteiger partial charge < -0.3 is 4.90 Å². The Morgan fingerprint density at radius 3 is 1.84 bits per heavy atom. The van der Waals surface area contributed by atoms with Crippen LogP contribution in [-0.2, 0) is 5.41 Å². The van der Waals surface area contributed by atoms with Crippen LogP contribution in [0.1, 0.15) is 44.4 Å². The fourth-order valence-corrected chi connectivity index (χ4v) is 5.15. The molecule has 32 heavy (non-hydrogen) atoms. The number of fused-ring (bicyclic) bond motifs is 3. The number of benzene rings is 4. The molecule has 5 rings (SSSR count). The van der Waals surface area contributed by atoms with Gasteiger partial charge in [-0.3, -0.25) is 0 Å². The first-order valence-corrected chi connectivity index (χ1v) is 11.6. The minimum Gasteiger partial charge on any atom is -0.339 e. The van der Waals surface area contributed by atoms with Crippen LogP contribution in [0.5, 0.6) is 0 Å². The van der Waals surface area contributed by atoms with Gasteiger partial charge in [0, 0.05) is 22.8 Å². The van der Waals surface area contributed by atoms with Gasteiger partial charge in [-0.15, -0.1) is 0 Å². The van der Waals surface area contributed by atoms with Crippen molar-refractivity contribution in [1.82, 2.24) is 0 Å². The number of nitrogens with zero attached hydrogens (tertiary/aromatic N) is 1. The van der Waals surface area contributed by atoms with Crippen LogP contribution in [0, 0.1) is 6.92 Å². The summed E-state index contributed by atoms with van der Waals surface area (Å²) in [4.78, 5) is 2.39. The molecule has 0 aliphatic heterocycles. The highest BCUT2D eigenvalue weighted by molar-refractivity contribution is 5.83. The predicted molar refractivity (Wildman–Crippen MR) is 138 cm³/mol. The van der Waals surface area contributed by atoms with Crippen molar-refractivity contribution in [3.8, 4) is 22.3 Å². The molecule has 1 nitrogen and oxygen atoms in total. The Hall–Kier alpha value is -3.32. The van der Waals surface area contributed by atoms with Gasteiger partial charge in [0.05, 0.1) is 0 Å². The maximum atomic E-state index is 2.39. The monoisotopic (exact) mass is 417 g/mol. The molecule has 0 saturated carbocycles. The van der Waals surface area contributed by atoms with Crippen LogP contribution in [0.25, 0.3) is 22.3 Å². The van der Waals surface area contributed by atoms with Crippen LogP contribution in [-0.4, -0.2) is 6.04 Å². The molecule has 1 heteroatoms. The van der Waals surface area contributed by atoms with Crippen molar-refractivity contribution in [1.29, 1.82) is 0 Å². The summed E-state index contributed by atoms with van der Waals surface area (Å²) in [6, 6.07) is 34.0. The Morgan fingerprint density at radius 1 is 0.625 bits per heavy atom. The maximum Gasteiger partial charge on any atom is 0.0413 e. The molecule has 0 bridgehead atoms. The van der Waals surface area contributed by atoms with Gasteiger partial charge in [-0.1, -0.05) is 80.1 Å². The Morgan fingerprint density at radius 2 is 1.19 bits per heavy atom. The van der Waals surface area contributed by atoms with Gasteiger partial charge in [-0.2, -0.15) is 0 Å². The lowest BCUT2D eigenvalue weighted by Gasteiger charge is -2.29. The summed E-state index contributed by atoms with van der Waals surface area (Å²) in [6.45, 7) is 11.3. The van der Waals surface area contributed by atoms with Gasteiger partial charge in [0.25, 0.3) is 0 Å². The Bertz CT molecular complexity index is 1260. The highest BCUT2D eigenvalue weighted by atomic mass is 15.2. The van der Waals surface area contributed by atoms with Gasteiger partial charge >= 0.3 is 0 Å². The predicted octanol–water partition coefficient (Wildman–Crippen LogP) is 8.51. The van der Waals surface area contributed by atoms with E-state index >= 15 is 0 Å². The molecule has 0 fully saturated rings. The molecular weight excluding hydrogens is 386 g/mol. The van der Waals surface area contributed by atoms with Gasteiger partial charge in [0.1, 0.15) is 0 Å². The van der Waals surface area contributed by atoms with Crippen LogP contribution in [0.4, 0.5) is 11.4 Å². The molecule has 1 aliphatic rings. The zero-order valence-electron chi connectivity index (χ0n) is 19.7. The molecule has 0 radical (unpaired) electrons. The summed E-state index contributed by atoms with van der Waals surface area (Å²) >= 11 is 0. The SMILES string of the molecule is Cc1ccc(N(c2ccc(-c3ccc4c(c3)C(C)(C)c3ccccc3-4)cc2)C(C)C)cc1. The molecule has 0 atom stereocenters. The van der Waals surface area contributed by atoms with Crippen molar-refractivity contribution in [2.75, 3.05) is 4.90 Å². The van der Waals surface area contributed by atoms with Crippen molar-refractivity contribution in [2.45, 2.75) is 46.1 Å². The second kappa shape index (κ2) is 7.67. The Labute approximate surface area is 192 Å². The van der Waals surface area contributed by atoms with Gasteiger partial charge in [-0.05, 0) is 84.5 Å². The van der Waals surface area contributed by atoms with E-state index in [1.807, 2.05) is 0 Å². The summed E-state index contributed by atoms with van der Waals surface area (Å²) in [7, 11) is 0. The zero-order chi connectivity index (χ0) is 22.5. The van der Waals surface area contributed by atoms with Crippen LogP contribution < -0.4 is 4.90 Å². The minimum absolute atomic E-state index is 0.0295. The summed E-state index contributed by atoms with van der Waals surface area (Å²) in [5, 5.41) is 0. The number of anilines is 2. The largest absolute Gasteiger partial charge is 0.339 e. The Balaban J connectivity index is 1.50. The van der Waals surface area contributed by atoms with Crippen LogP contribution >= 0.6 is 0 Å². The van der Waals surface area contributed by atoms with Gasteiger partial charge in [0.15, 0.2) is 0 Å². The van der Waals surface area contributed by atoms with E-state index in [0.717, 1.165) is 0 Å². The topological polar surface area (TPSA) is 3.24 Å². The smallest absolute Gasteiger partial charge is 0.0413 e. The average molecular weight is 418 g/mol. The molecule has 160 valence electrons. The van der Waals surface area contributed by atoms with Crippen LogP contribution in [0.15, 0.2) is 91.0 Å². The average Bonchev–Trinajstić information content (AvgIpc) is 3.02. The second-order valence-electron chi connectivity index (χ2n) is 9.78. The first-order valence-electron chi connectivity index (χ1n) is 11.6. The van der Waals surface area contributed by atoms with E-state index in [2.05, 4.69) is 131 Å². The fourth-order valence-electron chi connectivity index (χ4n) is 5.15. The fraction of sp³-hybridized carbons (Fsp3) is 0.226. The number of rotatable bonds is 4. The highest BCUT2D eigenvalue weighted by Gasteiger charge is 2.35. The standard InChI is InChI=1S/C31H31N/c1-21(2)32(25-15-10-22(3)11-16-25)26-17-12-23(13-18-26)24-14-19-28-27-8-6-7-9-29(27)31(4,5)30(28)20-24/h6-21H,1-5H3. The van der Waals surface area contributed by atoms with Crippen molar-refractivity contribution < 1.29 is 0 Å². The molecule has 4 aromatic carbocycles. The third-order valence-electron chi connectivity index (χ3n) is 6.89. The molecular formula is C31H31N. The molecule has 0 spiro atoms. The third-order valence-corrected chi connectivity index (χ3v) is 6.89. The maximum absolute atomic E-state index is 2.39. The third kappa shape index (κ3) is 3.33. The van der Waals surface area contributed by atoms with E-state index in [4.69, 9.17) is 0 Å². The lowest BCUT2D eigenvalue weighted by Crippen LogP contribution is -2.25. The van der Waals surface area contributed by atoms with E-state index < -0.39 is 0 Å². The van der Waals surface area contributed by atoms with Crippen molar-refractivity contribution >= 4 is 11.4 Å². The van der Waals surface area contributed by atoms with Crippen molar-refractivity contribution in [2.24, 2.45) is 0 Å². The lowest BCUT2D eigenvalue weighted by molar-refractivity contribution is 0.660. The number of aryl methyl sites for hydroxylation is 1. The second-order valence-corrected chi connectivity index (χ2v) is 9.78. The van der Waals surface area contributed by atoms with Crippen LogP contribution in [0.2, 0.25) is 0 Å². The molecule has 0 saturated heterocycles. The normalized spacial score (nSPS) is 13.7. The molecule has 0 N–H and O–H groups in total. The molecule has 0 amide bonds. The molecule has 0 aromatic heterocycles. The minimum atomic E-state index is 0.0295. The van der Waals surface area contributed by atoms with E-state index in [1.54, 1.807) is 0 Å². The van der Waals surface area contributed by atoms with Crippen LogP contribution in [0.3, 0.4) is 0 Å². The molecule has 1 aliphatic carbocycles. The van der Waals surface area contributed by atoms with E-state index in [-0.39, 0.29) is 5.41 Å². The lowest BCUT2D eigenvalue weighted by atomic mass is 9.81. The van der Waals surface area contributed by atoms with Crippen molar-refractivity contribution in [3.63, 3.8) is 0 Å². The van der Waals surface area contributed by atoms with Crippen molar-refractivity contribution in [3.05, 3.63) is 108 Å². The van der Waals surface area contributed by atoms with Gasteiger partial charge in [-0.25, -0.2) is 0 Å². The molecule has 4 aromatic rings. The molecule has 0 heterocycles.